The summed E-state index contributed by atoms with van der Waals surface area (Å²) in [6.45, 7) is 3.27. The summed E-state index contributed by atoms with van der Waals surface area (Å²) < 4.78 is 26.6. The van der Waals surface area contributed by atoms with Crippen LogP contribution in [0.25, 0.3) is 0 Å². The van der Waals surface area contributed by atoms with Crippen molar-refractivity contribution in [3.05, 3.63) is 90.0 Å². The number of carbonyl (C=O) groups excluding carboxylic acids is 2. The smallest absolute Gasteiger partial charge is 0.229 e. The summed E-state index contributed by atoms with van der Waals surface area (Å²) in [4.78, 5) is 24.1. The Morgan fingerprint density at radius 1 is 0.806 bits per heavy atom. The minimum atomic E-state index is -4.25. The molecule has 31 heavy (non-hydrogen) atoms. The first-order valence-electron chi connectivity index (χ1n) is 9.40. The van der Waals surface area contributed by atoms with E-state index in [0.29, 0.717) is 11.4 Å². The molecule has 1 amide bonds. The molecule has 0 bridgehead atoms. The molecule has 3 aromatic rings. The molecule has 0 fully saturated rings. The van der Waals surface area contributed by atoms with Gasteiger partial charge in [-0.05, 0) is 43.3 Å². The number of anilines is 2. The van der Waals surface area contributed by atoms with Crippen LogP contribution in [0.15, 0.2) is 88.9 Å². The second kappa shape index (κ2) is 9.36. The Morgan fingerprint density at radius 3 is 1.97 bits per heavy atom. The summed E-state index contributed by atoms with van der Waals surface area (Å²) in [5.41, 5.74) is 4.88. The number of aryl methyl sites for hydroxylation is 1. The molecule has 0 unspecified atom stereocenters. The van der Waals surface area contributed by atoms with Crippen LogP contribution < -0.4 is 10.7 Å². The normalized spacial score (nSPS) is 11.6. The predicted molar refractivity (Wildman–Crippen MR) is 121 cm³/mol. The van der Waals surface area contributed by atoms with Crippen molar-refractivity contribution < 1.29 is 18.0 Å². The lowest BCUT2D eigenvalue weighted by Crippen LogP contribution is -2.26. The first-order valence-corrected chi connectivity index (χ1v) is 10.9. The SMILES string of the molecule is CC(=O)Nc1ccc(S(=O)(=O)/C(=N/Nc2ccc(C)cc2)C(=O)c2ccccc2)cc1. The zero-order valence-electron chi connectivity index (χ0n) is 17.0. The van der Waals surface area contributed by atoms with Crippen molar-refractivity contribution in [2.24, 2.45) is 5.10 Å². The molecular weight excluding hydrogens is 414 g/mol. The summed E-state index contributed by atoms with van der Waals surface area (Å²) in [5, 5.41) is 5.91. The third-order valence-electron chi connectivity index (χ3n) is 4.31. The molecule has 158 valence electrons. The topological polar surface area (TPSA) is 105 Å². The summed E-state index contributed by atoms with van der Waals surface area (Å²) >= 11 is 0. The number of carbonyl (C=O) groups is 2. The maximum absolute atomic E-state index is 13.3. The number of nitrogens with one attached hydrogen (secondary N) is 2. The molecule has 8 heteroatoms. The number of ketones is 1. The van der Waals surface area contributed by atoms with Gasteiger partial charge in [0.25, 0.3) is 0 Å². The average molecular weight is 436 g/mol. The van der Waals surface area contributed by atoms with Crippen molar-refractivity contribution in [3.8, 4) is 0 Å². The summed E-state index contributed by atoms with van der Waals surface area (Å²) in [6, 6.07) is 20.8. The van der Waals surface area contributed by atoms with Crippen LogP contribution in [0.2, 0.25) is 0 Å². The molecule has 3 aromatic carbocycles. The van der Waals surface area contributed by atoms with E-state index in [4.69, 9.17) is 0 Å². The Kier molecular flexibility index (Phi) is 6.61. The largest absolute Gasteiger partial charge is 0.326 e. The number of nitrogens with zero attached hydrogens (tertiary/aromatic N) is 1. The van der Waals surface area contributed by atoms with E-state index < -0.39 is 20.7 Å². The van der Waals surface area contributed by atoms with Crippen molar-refractivity contribution in [1.29, 1.82) is 0 Å². The van der Waals surface area contributed by atoms with Gasteiger partial charge < -0.3 is 5.32 Å². The van der Waals surface area contributed by atoms with E-state index in [1.54, 1.807) is 30.3 Å². The highest BCUT2D eigenvalue weighted by molar-refractivity contribution is 8.08. The number of sulfone groups is 1. The van der Waals surface area contributed by atoms with Crippen molar-refractivity contribution in [2.45, 2.75) is 18.7 Å². The Hall–Kier alpha value is -3.78. The Bertz CT molecular complexity index is 1220. The third kappa shape index (κ3) is 5.43. The molecule has 0 aliphatic rings. The van der Waals surface area contributed by atoms with Crippen LogP contribution in [-0.4, -0.2) is 25.2 Å². The summed E-state index contributed by atoms with van der Waals surface area (Å²) in [6.07, 6.45) is 0. The summed E-state index contributed by atoms with van der Waals surface area (Å²) in [7, 11) is -4.25. The molecule has 7 nitrogen and oxygen atoms in total. The maximum atomic E-state index is 13.3. The highest BCUT2D eigenvalue weighted by atomic mass is 32.2. The molecule has 0 aliphatic carbocycles. The van der Waals surface area contributed by atoms with Gasteiger partial charge in [0.15, 0.2) is 0 Å². The van der Waals surface area contributed by atoms with Gasteiger partial charge in [-0.3, -0.25) is 15.0 Å². The van der Waals surface area contributed by atoms with E-state index in [0.717, 1.165) is 5.56 Å². The van der Waals surface area contributed by atoms with Gasteiger partial charge in [-0.1, -0.05) is 48.0 Å². The van der Waals surface area contributed by atoms with Gasteiger partial charge in [0.2, 0.25) is 26.6 Å². The molecule has 0 spiro atoms. The molecule has 0 aliphatic heterocycles. The van der Waals surface area contributed by atoms with Crippen LogP contribution in [0.4, 0.5) is 11.4 Å². The standard InChI is InChI=1S/C23H21N3O4S/c1-16-8-10-20(11-9-16)25-26-23(22(28)18-6-4-3-5-7-18)31(29,30)21-14-12-19(13-15-21)24-17(2)27/h3-15,25H,1-2H3,(H,24,27)/b26-23+. The zero-order valence-corrected chi connectivity index (χ0v) is 17.8. The van der Waals surface area contributed by atoms with Crippen LogP contribution in [0.3, 0.4) is 0 Å². The Balaban J connectivity index is 2.01. The van der Waals surface area contributed by atoms with Crippen LogP contribution in [-0.2, 0) is 14.6 Å². The Morgan fingerprint density at radius 2 is 1.39 bits per heavy atom. The molecular formula is C23H21N3O4S. The van der Waals surface area contributed by atoms with Crippen molar-refractivity contribution in [2.75, 3.05) is 10.7 Å². The van der Waals surface area contributed by atoms with E-state index in [1.165, 1.54) is 43.3 Å². The molecule has 0 atom stereocenters. The van der Waals surface area contributed by atoms with Crippen molar-refractivity contribution in [1.82, 2.24) is 0 Å². The van der Waals surface area contributed by atoms with Gasteiger partial charge in [0.05, 0.1) is 10.6 Å². The highest BCUT2D eigenvalue weighted by Gasteiger charge is 2.30. The lowest BCUT2D eigenvalue weighted by Gasteiger charge is -2.10. The lowest BCUT2D eigenvalue weighted by molar-refractivity contribution is -0.114. The number of benzene rings is 3. The number of rotatable bonds is 6. The molecule has 0 saturated carbocycles. The molecule has 0 radical (unpaired) electrons. The van der Waals surface area contributed by atoms with E-state index in [2.05, 4.69) is 15.8 Å². The van der Waals surface area contributed by atoms with Crippen LogP contribution in [0, 0.1) is 6.92 Å². The fraction of sp³-hybridized carbons (Fsp3) is 0.0870. The predicted octanol–water partition coefficient (Wildman–Crippen LogP) is 4.04. The molecule has 2 N–H and O–H groups in total. The van der Waals surface area contributed by atoms with E-state index >= 15 is 0 Å². The van der Waals surface area contributed by atoms with Crippen LogP contribution >= 0.6 is 0 Å². The molecule has 0 aromatic heterocycles. The third-order valence-corrected chi connectivity index (χ3v) is 5.99. The van der Waals surface area contributed by atoms with Crippen LogP contribution in [0.5, 0.6) is 0 Å². The zero-order chi connectivity index (χ0) is 22.4. The van der Waals surface area contributed by atoms with E-state index in [-0.39, 0.29) is 16.4 Å². The summed E-state index contributed by atoms with van der Waals surface area (Å²) in [5.74, 6) is -1.01. The lowest BCUT2D eigenvalue weighted by atomic mass is 10.1. The number of hydrogen-bond donors (Lipinski definition) is 2. The van der Waals surface area contributed by atoms with Crippen molar-refractivity contribution >= 4 is 37.9 Å². The maximum Gasteiger partial charge on any atom is 0.229 e. The number of Topliss-reactive ketones (excluding diaryl/α,β-unsaturated/α-hetero) is 1. The molecule has 3 rings (SSSR count). The van der Waals surface area contributed by atoms with E-state index in [9.17, 15) is 18.0 Å². The fourth-order valence-electron chi connectivity index (χ4n) is 2.72. The monoisotopic (exact) mass is 435 g/mol. The second-order valence-corrected chi connectivity index (χ2v) is 8.66. The van der Waals surface area contributed by atoms with E-state index in [1.807, 2.05) is 19.1 Å². The van der Waals surface area contributed by atoms with Gasteiger partial charge in [0.1, 0.15) is 0 Å². The van der Waals surface area contributed by atoms with Crippen LogP contribution in [0.1, 0.15) is 22.8 Å². The van der Waals surface area contributed by atoms with Gasteiger partial charge in [0, 0.05) is 18.2 Å². The second-order valence-electron chi connectivity index (χ2n) is 6.80. The number of hydrazone groups is 1. The minimum Gasteiger partial charge on any atom is -0.326 e. The fourth-order valence-corrected chi connectivity index (χ4v) is 3.97. The first kappa shape index (κ1) is 21.9. The number of amides is 1. The van der Waals surface area contributed by atoms with Gasteiger partial charge in [-0.15, -0.1) is 0 Å². The molecule has 0 heterocycles. The van der Waals surface area contributed by atoms with Gasteiger partial charge >= 0.3 is 0 Å². The van der Waals surface area contributed by atoms with Gasteiger partial charge in [-0.25, -0.2) is 8.42 Å². The molecule has 0 saturated heterocycles. The van der Waals surface area contributed by atoms with Crippen molar-refractivity contribution in [3.63, 3.8) is 0 Å². The quantitative estimate of drug-likeness (QED) is 0.263. The minimum absolute atomic E-state index is 0.115. The van der Waals surface area contributed by atoms with Gasteiger partial charge in [-0.2, -0.15) is 5.10 Å². The number of hydrogen-bond acceptors (Lipinski definition) is 6. The average Bonchev–Trinajstić information content (AvgIpc) is 2.75. The Labute approximate surface area is 180 Å². The first-order chi connectivity index (χ1) is 14.8. The highest BCUT2D eigenvalue weighted by Crippen LogP contribution is 2.19.